The van der Waals surface area contributed by atoms with Crippen LogP contribution in [-0.4, -0.2) is 38.4 Å². The summed E-state index contributed by atoms with van der Waals surface area (Å²) < 4.78 is 7.43. The van der Waals surface area contributed by atoms with Crippen molar-refractivity contribution >= 4 is 34.1 Å². The standard InChI is InChI=1S/C26H27ClN4O3/c1-4-34-8-7-15(2)24-28-12-23-25(32)29-21-11-20(16(3)9-22(21)31(23)24)26(33)30-13-17-5-6-19(27)10-18(17)14-30/h5-6,9-12,15H,4,7-8,13-14H2,1-3H3,(H,29,32). The van der Waals surface area contributed by atoms with Crippen LogP contribution in [0.25, 0.3) is 16.6 Å². The third kappa shape index (κ3) is 3.89. The zero-order valence-electron chi connectivity index (χ0n) is 19.5. The molecule has 0 spiro atoms. The number of nitrogens with one attached hydrogen (secondary N) is 1. The maximum Gasteiger partial charge on any atom is 0.274 e. The molecule has 1 N–H and O–H groups in total. The van der Waals surface area contributed by atoms with Crippen LogP contribution in [0.4, 0.5) is 0 Å². The molecule has 0 saturated heterocycles. The summed E-state index contributed by atoms with van der Waals surface area (Å²) in [5.74, 6) is 0.857. The van der Waals surface area contributed by atoms with E-state index in [-0.39, 0.29) is 17.4 Å². The van der Waals surface area contributed by atoms with Gasteiger partial charge in [-0.1, -0.05) is 24.6 Å². The Labute approximate surface area is 202 Å². The predicted molar refractivity (Wildman–Crippen MR) is 133 cm³/mol. The number of H-pyrrole nitrogens is 1. The quantitative estimate of drug-likeness (QED) is 0.403. The molecule has 7 nitrogen and oxygen atoms in total. The summed E-state index contributed by atoms with van der Waals surface area (Å²) in [7, 11) is 0. The maximum atomic E-state index is 13.5. The van der Waals surface area contributed by atoms with Gasteiger partial charge >= 0.3 is 0 Å². The van der Waals surface area contributed by atoms with Crippen molar-refractivity contribution < 1.29 is 9.53 Å². The van der Waals surface area contributed by atoms with E-state index in [4.69, 9.17) is 16.3 Å². The fourth-order valence-electron chi connectivity index (χ4n) is 4.73. The molecule has 176 valence electrons. The van der Waals surface area contributed by atoms with Gasteiger partial charge in [0, 0.05) is 42.8 Å². The molecule has 0 saturated carbocycles. The Morgan fingerprint density at radius 1 is 1.21 bits per heavy atom. The molecule has 3 heterocycles. The number of hydrogen-bond donors (Lipinski definition) is 1. The molecule has 1 atom stereocenters. The Morgan fingerprint density at radius 2 is 2.00 bits per heavy atom. The number of aromatic nitrogens is 3. The number of imidazole rings is 1. The monoisotopic (exact) mass is 478 g/mol. The number of carbonyl (C=O) groups excluding carboxylic acids is 1. The number of amides is 1. The molecule has 4 aromatic rings. The summed E-state index contributed by atoms with van der Waals surface area (Å²) in [4.78, 5) is 35.6. The molecule has 5 rings (SSSR count). The van der Waals surface area contributed by atoms with E-state index in [1.165, 1.54) is 0 Å². The molecule has 8 heteroatoms. The van der Waals surface area contributed by atoms with Gasteiger partial charge in [0.1, 0.15) is 11.3 Å². The first-order valence-electron chi connectivity index (χ1n) is 11.6. The van der Waals surface area contributed by atoms with E-state index in [1.54, 1.807) is 12.3 Å². The summed E-state index contributed by atoms with van der Waals surface area (Å²) in [6.45, 7) is 8.35. The summed E-state index contributed by atoms with van der Waals surface area (Å²) in [6, 6.07) is 9.49. The van der Waals surface area contributed by atoms with Crippen LogP contribution in [0, 0.1) is 6.92 Å². The Morgan fingerprint density at radius 3 is 2.79 bits per heavy atom. The molecule has 2 aromatic heterocycles. The van der Waals surface area contributed by atoms with Crippen LogP contribution in [0.3, 0.4) is 0 Å². The molecule has 2 aromatic carbocycles. The average molecular weight is 479 g/mol. The highest BCUT2D eigenvalue weighted by molar-refractivity contribution is 6.30. The molecule has 1 unspecified atom stereocenters. The SMILES string of the molecule is CCOCCC(C)c1ncc2c(=O)[nH]c3cc(C(=O)N4Cc5ccc(Cl)cc5C4)c(C)cc3n12. The number of aromatic amines is 1. The van der Waals surface area contributed by atoms with Gasteiger partial charge in [0.05, 0.1) is 17.2 Å². The smallest absolute Gasteiger partial charge is 0.274 e. The number of fused-ring (bicyclic) bond motifs is 4. The lowest BCUT2D eigenvalue weighted by Crippen LogP contribution is -2.26. The van der Waals surface area contributed by atoms with Crippen molar-refractivity contribution in [2.75, 3.05) is 13.2 Å². The van der Waals surface area contributed by atoms with Crippen molar-refractivity contribution in [3.63, 3.8) is 0 Å². The highest BCUT2D eigenvalue weighted by Crippen LogP contribution is 2.29. The fourth-order valence-corrected chi connectivity index (χ4v) is 4.93. The maximum absolute atomic E-state index is 13.5. The summed E-state index contributed by atoms with van der Waals surface area (Å²) >= 11 is 6.13. The van der Waals surface area contributed by atoms with E-state index in [0.29, 0.717) is 47.9 Å². The Hall–Kier alpha value is -3.16. The van der Waals surface area contributed by atoms with Crippen molar-refractivity contribution in [2.24, 2.45) is 0 Å². The largest absolute Gasteiger partial charge is 0.382 e. The summed E-state index contributed by atoms with van der Waals surface area (Å²) in [5.41, 5.74) is 5.31. The minimum absolute atomic E-state index is 0.0661. The van der Waals surface area contributed by atoms with Crippen molar-refractivity contribution in [1.29, 1.82) is 0 Å². The third-order valence-electron chi connectivity index (χ3n) is 6.60. The molecular weight excluding hydrogens is 452 g/mol. The van der Waals surface area contributed by atoms with E-state index in [9.17, 15) is 9.59 Å². The van der Waals surface area contributed by atoms with E-state index in [1.807, 2.05) is 47.4 Å². The van der Waals surface area contributed by atoms with E-state index in [0.717, 1.165) is 34.5 Å². The van der Waals surface area contributed by atoms with Gasteiger partial charge in [0.25, 0.3) is 11.5 Å². The van der Waals surface area contributed by atoms with Gasteiger partial charge in [-0.2, -0.15) is 0 Å². The van der Waals surface area contributed by atoms with Crippen LogP contribution in [0.1, 0.15) is 59.1 Å². The van der Waals surface area contributed by atoms with Gasteiger partial charge in [-0.05, 0) is 61.2 Å². The lowest BCUT2D eigenvalue weighted by molar-refractivity contribution is 0.0751. The predicted octanol–water partition coefficient (Wildman–Crippen LogP) is 4.82. The van der Waals surface area contributed by atoms with Crippen LogP contribution < -0.4 is 5.56 Å². The Kier molecular flexibility index (Phi) is 5.91. The van der Waals surface area contributed by atoms with Crippen molar-refractivity contribution in [3.8, 4) is 0 Å². The number of aryl methyl sites for hydroxylation is 1. The van der Waals surface area contributed by atoms with Crippen LogP contribution in [0.5, 0.6) is 0 Å². The number of benzene rings is 2. The molecule has 0 aliphatic carbocycles. The van der Waals surface area contributed by atoms with Gasteiger partial charge in [0.2, 0.25) is 0 Å². The molecule has 0 bridgehead atoms. The van der Waals surface area contributed by atoms with Gasteiger partial charge in [-0.25, -0.2) is 4.98 Å². The second-order valence-corrected chi connectivity index (χ2v) is 9.37. The second-order valence-electron chi connectivity index (χ2n) is 8.94. The number of ether oxygens (including phenoxy) is 1. The van der Waals surface area contributed by atoms with Crippen LogP contribution in [0.15, 0.2) is 41.3 Å². The van der Waals surface area contributed by atoms with Crippen LogP contribution >= 0.6 is 11.6 Å². The van der Waals surface area contributed by atoms with E-state index in [2.05, 4.69) is 16.9 Å². The summed E-state index contributed by atoms with van der Waals surface area (Å²) in [6.07, 6.45) is 2.42. The zero-order chi connectivity index (χ0) is 24.0. The fraction of sp³-hybridized carbons (Fsp3) is 0.346. The van der Waals surface area contributed by atoms with Gasteiger partial charge in [-0.3, -0.25) is 14.0 Å². The first-order chi connectivity index (χ1) is 16.4. The molecular formula is C26H27ClN4O3. The highest BCUT2D eigenvalue weighted by atomic mass is 35.5. The molecule has 34 heavy (non-hydrogen) atoms. The normalized spacial score (nSPS) is 14.2. The number of carbonyl (C=O) groups is 1. The number of halogens is 1. The number of hydrogen-bond acceptors (Lipinski definition) is 4. The molecule has 1 amide bonds. The minimum Gasteiger partial charge on any atom is -0.382 e. The minimum atomic E-state index is -0.228. The van der Waals surface area contributed by atoms with Gasteiger partial charge in [-0.15, -0.1) is 0 Å². The second kappa shape index (κ2) is 8.89. The lowest BCUT2D eigenvalue weighted by Gasteiger charge is -2.18. The molecule has 0 radical (unpaired) electrons. The number of rotatable bonds is 6. The highest BCUT2D eigenvalue weighted by Gasteiger charge is 2.26. The van der Waals surface area contributed by atoms with Gasteiger partial charge < -0.3 is 14.6 Å². The molecule has 0 fully saturated rings. The van der Waals surface area contributed by atoms with Crippen LogP contribution in [0.2, 0.25) is 5.02 Å². The molecule has 1 aliphatic rings. The van der Waals surface area contributed by atoms with Crippen molar-refractivity contribution in [1.82, 2.24) is 19.3 Å². The van der Waals surface area contributed by atoms with Gasteiger partial charge in [0.15, 0.2) is 0 Å². The lowest BCUT2D eigenvalue weighted by atomic mass is 10.0. The third-order valence-corrected chi connectivity index (χ3v) is 6.84. The van der Waals surface area contributed by atoms with E-state index >= 15 is 0 Å². The molecule has 1 aliphatic heterocycles. The van der Waals surface area contributed by atoms with E-state index < -0.39 is 0 Å². The van der Waals surface area contributed by atoms with Crippen molar-refractivity contribution in [3.05, 3.63) is 80.0 Å². The van der Waals surface area contributed by atoms with Crippen molar-refractivity contribution in [2.45, 2.75) is 46.2 Å². The topological polar surface area (TPSA) is 79.7 Å². The zero-order valence-corrected chi connectivity index (χ0v) is 20.3. The average Bonchev–Trinajstić information content (AvgIpc) is 3.44. The van der Waals surface area contributed by atoms with Crippen LogP contribution in [-0.2, 0) is 17.8 Å². The first kappa shape index (κ1) is 22.6. The Balaban J connectivity index is 1.54. The Bertz CT molecular complexity index is 1470. The summed E-state index contributed by atoms with van der Waals surface area (Å²) in [5, 5.41) is 0.670. The number of nitrogens with zero attached hydrogens (tertiary/aromatic N) is 3. The first-order valence-corrected chi connectivity index (χ1v) is 11.9.